The molecule has 2 aliphatic rings. The Bertz CT molecular complexity index is 796. The summed E-state index contributed by atoms with van der Waals surface area (Å²) in [6, 6.07) is 5.81. The second kappa shape index (κ2) is 9.49. The van der Waals surface area contributed by atoms with Crippen LogP contribution in [-0.4, -0.2) is 75.5 Å². The van der Waals surface area contributed by atoms with Gasteiger partial charge in [-0.25, -0.2) is 13.2 Å². The SMILES string of the molecule is O=C(OCC(=O)N1CCOCC1)c1cccc(S(=O)(=O)N2CCCCCC2)c1. The molecule has 0 saturated carbocycles. The Balaban J connectivity index is 1.64. The highest BCUT2D eigenvalue weighted by Gasteiger charge is 2.26. The minimum Gasteiger partial charge on any atom is -0.452 e. The van der Waals surface area contributed by atoms with Gasteiger partial charge in [0.05, 0.1) is 23.7 Å². The van der Waals surface area contributed by atoms with Crippen molar-refractivity contribution in [3.63, 3.8) is 0 Å². The summed E-state index contributed by atoms with van der Waals surface area (Å²) in [5.41, 5.74) is 0.116. The number of nitrogens with zero attached hydrogens (tertiary/aromatic N) is 2. The van der Waals surface area contributed by atoms with E-state index in [0.717, 1.165) is 25.7 Å². The largest absolute Gasteiger partial charge is 0.452 e. The molecule has 1 amide bonds. The molecule has 28 heavy (non-hydrogen) atoms. The van der Waals surface area contributed by atoms with Crippen molar-refractivity contribution in [3.05, 3.63) is 29.8 Å². The topological polar surface area (TPSA) is 93.2 Å². The van der Waals surface area contributed by atoms with Crippen LogP contribution in [-0.2, 0) is 24.3 Å². The van der Waals surface area contributed by atoms with Crippen LogP contribution in [0, 0.1) is 0 Å². The second-order valence-electron chi connectivity index (χ2n) is 6.92. The first-order chi connectivity index (χ1) is 13.5. The van der Waals surface area contributed by atoms with Gasteiger partial charge < -0.3 is 14.4 Å². The van der Waals surface area contributed by atoms with Gasteiger partial charge in [0.25, 0.3) is 5.91 Å². The van der Waals surface area contributed by atoms with E-state index in [4.69, 9.17) is 9.47 Å². The van der Waals surface area contributed by atoms with Crippen LogP contribution in [0.3, 0.4) is 0 Å². The Hall–Kier alpha value is -1.97. The predicted molar refractivity (Wildman–Crippen MR) is 101 cm³/mol. The first-order valence-electron chi connectivity index (χ1n) is 9.61. The van der Waals surface area contributed by atoms with E-state index in [9.17, 15) is 18.0 Å². The maximum atomic E-state index is 12.9. The molecule has 0 radical (unpaired) electrons. The number of hydrogen-bond donors (Lipinski definition) is 0. The van der Waals surface area contributed by atoms with E-state index in [-0.39, 0.29) is 23.0 Å². The summed E-state index contributed by atoms with van der Waals surface area (Å²) in [6.07, 6.45) is 3.72. The van der Waals surface area contributed by atoms with Gasteiger partial charge in [0, 0.05) is 26.2 Å². The van der Waals surface area contributed by atoms with Gasteiger partial charge in [-0.3, -0.25) is 4.79 Å². The molecule has 1 aromatic carbocycles. The van der Waals surface area contributed by atoms with Gasteiger partial charge in [-0.1, -0.05) is 18.9 Å². The van der Waals surface area contributed by atoms with Gasteiger partial charge in [-0.2, -0.15) is 4.31 Å². The molecule has 3 rings (SSSR count). The molecule has 2 fully saturated rings. The highest BCUT2D eigenvalue weighted by Crippen LogP contribution is 2.21. The summed E-state index contributed by atoms with van der Waals surface area (Å²) in [7, 11) is -3.65. The molecule has 2 aliphatic heterocycles. The van der Waals surface area contributed by atoms with Crippen molar-refractivity contribution in [2.45, 2.75) is 30.6 Å². The number of hydrogen-bond acceptors (Lipinski definition) is 6. The average molecular weight is 410 g/mol. The van der Waals surface area contributed by atoms with Crippen LogP contribution in [0.5, 0.6) is 0 Å². The molecule has 1 aromatic rings. The van der Waals surface area contributed by atoms with Crippen LogP contribution in [0.1, 0.15) is 36.0 Å². The molecule has 0 aliphatic carbocycles. The molecule has 0 spiro atoms. The third kappa shape index (κ3) is 5.09. The smallest absolute Gasteiger partial charge is 0.338 e. The van der Waals surface area contributed by atoms with Crippen LogP contribution in [0.15, 0.2) is 29.2 Å². The van der Waals surface area contributed by atoms with Crippen LogP contribution in [0.2, 0.25) is 0 Å². The van der Waals surface area contributed by atoms with Gasteiger partial charge in [0.15, 0.2) is 6.61 Å². The standard InChI is InChI=1S/C19H26N2O6S/c22-18(20-10-12-26-13-11-20)15-27-19(23)16-6-5-7-17(14-16)28(24,25)21-8-3-1-2-4-9-21/h5-7,14H,1-4,8-13,15H2. The van der Waals surface area contributed by atoms with E-state index in [2.05, 4.69) is 0 Å². The third-order valence-electron chi connectivity index (χ3n) is 4.96. The van der Waals surface area contributed by atoms with Crippen molar-refractivity contribution < 1.29 is 27.5 Å². The lowest BCUT2D eigenvalue weighted by atomic mass is 10.2. The van der Waals surface area contributed by atoms with E-state index in [1.165, 1.54) is 28.6 Å². The molecular formula is C19H26N2O6S. The number of morpholine rings is 1. The first kappa shape index (κ1) is 20.8. The molecular weight excluding hydrogens is 384 g/mol. The highest BCUT2D eigenvalue weighted by atomic mass is 32.2. The summed E-state index contributed by atoms with van der Waals surface area (Å²) in [6.45, 7) is 2.49. The van der Waals surface area contributed by atoms with Gasteiger partial charge in [0.1, 0.15) is 0 Å². The molecule has 2 saturated heterocycles. The van der Waals surface area contributed by atoms with Crippen molar-refractivity contribution in [2.24, 2.45) is 0 Å². The Kier molecular flexibility index (Phi) is 7.03. The fourth-order valence-corrected chi connectivity index (χ4v) is 4.89. The van der Waals surface area contributed by atoms with Gasteiger partial charge in [0.2, 0.25) is 10.0 Å². The van der Waals surface area contributed by atoms with Gasteiger partial charge >= 0.3 is 5.97 Å². The Labute approximate surface area is 165 Å². The number of carbonyl (C=O) groups excluding carboxylic acids is 2. The zero-order chi connectivity index (χ0) is 20.0. The van der Waals surface area contributed by atoms with E-state index >= 15 is 0 Å². The number of amides is 1. The monoisotopic (exact) mass is 410 g/mol. The van der Waals surface area contributed by atoms with Crippen LogP contribution < -0.4 is 0 Å². The maximum Gasteiger partial charge on any atom is 0.338 e. The predicted octanol–water partition coefficient (Wildman–Crippen LogP) is 1.27. The normalized spacial score (nSPS) is 19.1. The van der Waals surface area contributed by atoms with Gasteiger partial charge in [-0.05, 0) is 31.0 Å². The number of sulfonamides is 1. The molecule has 0 bridgehead atoms. The number of ether oxygens (including phenoxy) is 2. The third-order valence-corrected chi connectivity index (χ3v) is 6.86. The summed E-state index contributed by atoms with van der Waals surface area (Å²) >= 11 is 0. The zero-order valence-corrected chi connectivity index (χ0v) is 16.7. The molecule has 154 valence electrons. The number of esters is 1. The highest BCUT2D eigenvalue weighted by molar-refractivity contribution is 7.89. The molecule has 0 N–H and O–H groups in total. The van der Waals surface area contributed by atoms with E-state index in [1.54, 1.807) is 4.90 Å². The zero-order valence-electron chi connectivity index (χ0n) is 15.8. The lowest BCUT2D eigenvalue weighted by molar-refractivity contribution is -0.138. The Morgan fingerprint density at radius 1 is 1.00 bits per heavy atom. The van der Waals surface area contributed by atoms with E-state index in [1.807, 2.05) is 0 Å². The van der Waals surface area contributed by atoms with Crippen molar-refractivity contribution in [1.82, 2.24) is 9.21 Å². The number of rotatable bonds is 5. The molecule has 8 nitrogen and oxygen atoms in total. The molecule has 0 unspecified atom stereocenters. The quantitative estimate of drug-likeness (QED) is 0.679. The summed E-state index contributed by atoms with van der Waals surface area (Å²) < 4.78 is 37.5. The number of benzene rings is 1. The van der Waals surface area contributed by atoms with E-state index < -0.39 is 16.0 Å². The molecule has 2 heterocycles. The minimum atomic E-state index is -3.65. The van der Waals surface area contributed by atoms with Crippen LogP contribution in [0.4, 0.5) is 0 Å². The summed E-state index contributed by atoms with van der Waals surface area (Å²) in [4.78, 5) is 26.1. The van der Waals surface area contributed by atoms with Gasteiger partial charge in [-0.15, -0.1) is 0 Å². The minimum absolute atomic E-state index is 0.0726. The van der Waals surface area contributed by atoms with Crippen molar-refractivity contribution in [2.75, 3.05) is 46.0 Å². The fourth-order valence-electron chi connectivity index (χ4n) is 3.33. The Morgan fingerprint density at radius 3 is 2.36 bits per heavy atom. The molecule has 9 heteroatoms. The second-order valence-corrected chi connectivity index (χ2v) is 8.85. The first-order valence-corrected chi connectivity index (χ1v) is 11.1. The lowest BCUT2D eigenvalue weighted by Gasteiger charge is -2.26. The number of carbonyl (C=O) groups is 2. The summed E-state index contributed by atoms with van der Waals surface area (Å²) in [5, 5.41) is 0. The van der Waals surface area contributed by atoms with Crippen LogP contribution in [0.25, 0.3) is 0 Å². The lowest BCUT2D eigenvalue weighted by Crippen LogP contribution is -2.42. The maximum absolute atomic E-state index is 12.9. The molecule has 0 aromatic heterocycles. The fraction of sp³-hybridized carbons (Fsp3) is 0.579. The van der Waals surface area contributed by atoms with E-state index in [0.29, 0.717) is 39.4 Å². The van der Waals surface area contributed by atoms with Crippen molar-refractivity contribution in [1.29, 1.82) is 0 Å². The average Bonchev–Trinajstić information content (AvgIpc) is 3.02. The molecule has 0 atom stereocenters. The Morgan fingerprint density at radius 2 is 1.68 bits per heavy atom. The van der Waals surface area contributed by atoms with Crippen LogP contribution >= 0.6 is 0 Å². The van der Waals surface area contributed by atoms with Crippen molar-refractivity contribution in [3.8, 4) is 0 Å². The summed E-state index contributed by atoms with van der Waals surface area (Å²) in [5.74, 6) is -1.00. The van der Waals surface area contributed by atoms with Crippen molar-refractivity contribution >= 4 is 21.9 Å².